The van der Waals surface area contributed by atoms with E-state index in [4.69, 9.17) is 4.74 Å². The number of fused-ring (bicyclic) bond motifs is 1. The van der Waals surface area contributed by atoms with Gasteiger partial charge in [0.15, 0.2) is 0 Å². The number of ether oxygens (including phenoxy) is 1. The van der Waals surface area contributed by atoms with Crippen molar-refractivity contribution in [2.24, 2.45) is 0 Å². The van der Waals surface area contributed by atoms with Gasteiger partial charge in [0.05, 0.1) is 24.1 Å². The minimum atomic E-state index is 0.0102. The van der Waals surface area contributed by atoms with Crippen LogP contribution in [0.25, 0.3) is 10.1 Å². The fourth-order valence-electron chi connectivity index (χ4n) is 3.15. The van der Waals surface area contributed by atoms with E-state index < -0.39 is 0 Å². The van der Waals surface area contributed by atoms with Crippen molar-refractivity contribution in [2.75, 3.05) is 32.8 Å². The van der Waals surface area contributed by atoms with Crippen molar-refractivity contribution in [3.05, 3.63) is 57.6 Å². The van der Waals surface area contributed by atoms with Crippen LogP contribution in [0.4, 0.5) is 0 Å². The molecule has 0 saturated carbocycles. The Kier molecular flexibility index (Phi) is 5.12. The summed E-state index contributed by atoms with van der Waals surface area (Å²) in [7, 11) is 0. The fraction of sp³-hybridized carbons (Fsp3) is 0.316. The zero-order chi connectivity index (χ0) is 17.1. The van der Waals surface area contributed by atoms with Crippen molar-refractivity contribution >= 4 is 38.7 Å². The number of amides is 1. The van der Waals surface area contributed by atoms with Gasteiger partial charge in [0, 0.05) is 29.2 Å². The van der Waals surface area contributed by atoms with Crippen molar-refractivity contribution in [1.29, 1.82) is 0 Å². The number of nitrogens with one attached hydrogen (secondary N) is 1. The van der Waals surface area contributed by atoms with Gasteiger partial charge in [-0.1, -0.05) is 24.3 Å². The van der Waals surface area contributed by atoms with Crippen molar-refractivity contribution in [3.63, 3.8) is 0 Å². The second-order valence-electron chi connectivity index (χ2n) is 6.04. The second-order valence-corrected chi connectivity index (χ2v) is 8.10. The summed E-state index contributed by atoms with van der Waals surface area (Å²) >= 11 is 3.29. The van der Waals surface area contributed by atoms with Crippen molar-refractivity contribution < 1.29 is 9.53 Å². The molecule has 3 heterocycles. The predicted molar refractivity (Wildman–Crippen MR) is 104 cm³/mol. The Hall–Kier alpha value is -1.73. The molecule has 1 aromatic carbocycles. The molecular weight excluding hydrogens is 352 g/mol. The van der Waals surface area contributed by atoms with Gasteiger partial charge in [0.25, 0.3) is 5.91 Å². The molecule has 1 N–H and O–H groups in total. The van der Waals surface area contributed by atoms with E-state index in [-0.39, 0.29) is 11.9 Å². The van der Waals surface area contributed by atoms with E-state index in [1.54, 1.807) is 22.7 Å². The number of hydrogen-bond acceptors (Lipinski definition) is 5. The quantitative estimate of drug-likeness (QED) is 0.741. The molecule has 0 radical (unpaired) electrons. The zero-order valence-electron chi connectivity index (χ0n) is 13.8. The van der Waals surface area contributed by atoms with Crippen LogP contribution in [0.5, 0.6) is 0 Å². The third kappa shape index (κ3) is 3.77. The molecule has 0 bridgehead atoms. The van der Waals surface area contributed by atoms with Crippen molar-refractivity contribution in [3.8, 4) is 0 Å². The maximum absolute atomic E-state index is 12.6. The van der Waals surface area contributed by atoms with Crippen molar-refractivity contribution in [1.82, 2.24) is 10.2 Å². The molecule has 4 rings (SSSR count). The highest BCUT2D eigenvalue weighted by atomic mass is 32.1. The monoisotopic (exact) mass is 372 g/mol. The van der Waals surface area contributed by atoms with Gasteiger partial charge in [-0.05, 0) is 29.0 Å². The van der Waals surface area contributed by atoms with Crippen LogP contribution in [-0.2, 0) is 4.74 Å². The minimum absolute atomic E-state index is 0.0102. The Morgan fingerprint density at radius 2 is 2.04 bits per heavy atom. The molecule has 1 unspecified atom stereocenters. The summed E-state index contributed by atoms with van der Waals surface area (Å²) in [5, 5.41) is 6.36. The van der Waals surface area contributed by atoms with E-state index in [2.05, 4.69) is 33.8 Å². The molecule has 2 aromatic heterocycles. The van der Waals surface area contributed by atoms with E-state index in [1.807, 2.05) is 24.3 Å². The number of benzene rings is 1. The SMILES string of the molecule is O=C(NCC(c1cccs1)N1CCOCC1)c1cc2ccccc2s1. The molecular formula is C19H20N2O2S2. The fourth-order valence-corrected chi connectivity index (χ4v) is 4.99. The highest BCUT2D eigenvalue weighted by Crippen LogP contribution is 2.27. The standard InChI is InChI=1S/C19H20N2O2S2/c22-19(18-12-14-4-1-2-5-16(14)25-18)20-13-15(17-6-3-11-24-17)21-7-9-23-10-8-21/h1-6,11-12,15H,7-10,13H2,(H,20,22). The number of thiophene rings is 2. The third-order valence-electron chi connectivity index (χ3n) is 4.46. The van der Waals surface area contributed by atoms with Gasteiger partial charge in [-0.25, -0.2) is 0 Å². The lowest BCUT2D eigenvalue weighted by molar-refractivity contribution is 0.0169. The first-order valence-electron chi connectivity index (χ1n) is 8.43. The smallest absolute Gasteiger partial charge is 0.261 e. The molecule has 0 aliphatic carbocycles. The van der Waals surface area contributed by atoms with Crippen LogP contribution < -0.4 is 5.32 Å². The Labute approximate surface area is 155 Å². The molecule has 1 atom stereocenters. The summed E-state index contributed by atoms with van der Waals surface area (Å²) < 4.78 is 6.62. The van der Waals surface area contributed by atoms with E-state index >= 15 is 0 Å². The van der Waals surface area contributed by atoms with Gasteiger partial charge in [-0.2, -0.15) is 0 Å². The summed E-state index contributed by atoms with van der Waals surface area (Å²) in [6.07, 6.45) is 0. The number of rotatable bonds is 5. The molecule has 1 amide bonds. The third-order valence-corrected chi connectivity index (χ3v) is 6.55. The van der Waals surface area contributed by atoms with E-state index in [0.29, 0.717) is 6.54 Å². The molecule has 1 aliphatic heterocycles. The molecule has 1 fully saturated rings. The van der Waals surface area contributed by atoms with Gasteiger partial charge >= 0.3 is 0 Å². The molecule has 1 saturated heterocycles. The van der Waals surface area contributed by atoms with Crippen LogP contribution in [0.3, 0.4) is 0 Å². The number of carbonyl (C=O) groups is 1. The Morgan fingerprint density at radius 1 is 1.20 bits per heavy atom. The number of carbonyl (C=O) groups excluding carboxylic acids is 1. The average Bonchev–Trinajstić information content (AvgIpc) is 3.32. The second kappa shape index (κ2) is 7.66. The van der Waals surface area contributed by atoms with Crippen LogP contribution in [0, 0.1) is 0 Å². The first-order chi connectivity index (χ1) is 12.3. The van der Waals surface area contributed by atoms with Gasteiger partial charge < -0.3 is 10.1 Å². The molecule has 0 spiro atoms. The zero-order valence-corrected chi connectivity index (χ0v) is 15.4. The summed E-state index contributed by atoms with van der Waals surface area (Å²) in [6, 6.07) is 14.5. The lowest BCUT2D eigenvalue weighted by Crippen LogP contribution is -2.43. The van der Waals surface area contributed by atoms with Crippen LogP contribution in [0.1, 0.15) is 20.6 Å². The lowest BCUT2D eigenvalue weighted by Gasteiger charge is -2.34. The molecule has 4 nitrogen and oxygen atoms in total. The highest BCUT2D eigenvalue weighted by molar-refractivity contribution is 7.20. The van der Waals surface area contributed by atoms with Crippen LogP contribution >= 0.6 is 22.7 Å². The van der Waals surface area contributed by atoms with Gasteiger partial charge in [-0.3, -0.25) is 9.69 Å². The molecule has 3 aromatic rings. The maximum Gasteiger partial charge on any atom is 0.261 e. The normalized spacial score (nSPS) is 16.8. The van der Waals surface area contributed by atoms with E-state index in [0.717, 1.165) is 41.3 Å². The van der Waals surface area contributed by atoms with Gasteiger partial charge in [0.2, 0.25) is 0 Å². The van der Waals surface area contributed by atoms with Gasteiger partial charge in [-0.15, -0.1) is 22.7 Å². The molecule has 6 heteroatoms. The summed E-state index contributed by atoms with van der Waals surface area (Å²) in [6.45, 7) is 3.94. The minimum Gasteiger partial charge on any atom is -0.379 e. The predicted octanol–water partition coefficient (Wildman–Crippen LogP) is 3.77. The molecule has 130 valence electrons. The number of hydrogen-bond donors (Lipinski definition) is 1. The number of morpholine rings is 1. The van der Waals surface area contributed by atoms with E-state index in [9.17, 15) is 4.79 Å². The average molecular weight is 373 g/mol. The topological polar surface area (TPSA) is 41.6 Å². The maximum atomic E-state index is 12.6. The summed E-state index contributed by atoms with van der Waals surface area (Å²) in [5.41, 5.74) is 0. The molecule has 25 heavy (non-hydrogen) atoms. The first kappa shape index (κ1) is 16.7. The first-order valence-corrected chi connectivity index (χ1v) is 10.1. The Morgan fingerprint density at radius 3 is 2.80 bits per heavy atom. The Balaban J connectivity index is 1.47. The molecule has 1 aliphatic rings. The lowest BCUT2D eigenvalue weighted by atomic mass is 10.2. The van der Waals surface area contributed by atoms with Crippen molar-refractivity contribution in [2.45, 2.75) is 6.04 Å². The summed E-state index contributed by atoms with van der Waals surface area (Å²) in [5.74, 6) is 0.0102. The summed E-state index contributed by atoms with van der Waals surface area (Å²) in [4.78, 5) is 17.1. The van der Waals surface area contributed by atoms with E-state index in [1.165, 1.54) is 4.88 Å². The largest absolute Gasteiger partial charge is 0.379 e. The Bertz CT molecular complexity index is 805. The van der Waals surface area contributed by atoms with Crippen LogP contribution in [0.15, 0.2) is 47.8 Å². The van der Waals surface area contributed by atoms with Crippen LogP contribution in [-0.4, -0.2) is 43.7 Å². The van der Waals surface area contributed by atoms with Crippen LogP contribution in [0.2, 0.25) is 0 Å². The number of nitrogens with zero attached hydrogens (tertiary/aromatic N) is 1. The highest BCUT2D eigenvalue weighted by Gasteiger charge is 2.24. The van der Waals surface area contributed by atoms with Gasteiger partial charge in [0.1, 0.15) is 0 Å².